The fourth-order valence-corrected chi connectivity index (χ4v) is 3.04. The van der Waals surface area contributed by atoms with Crippen molar-refractivity contribution < 1.29 is 19.1 Å². The summed E-state index contributed by atoms with van der Waals surface area (Å²) in [7, 11) is 0. The van der Waals surface area contributed by atoms with Crippen LogP contribution in [0.5, 0.6) is 5.75 Å². The van der Waals surface area contributed by atoms with E-state index in [9.17, 15) is 14.4 Å². The number of anilines is 1. The molecule has 4 amide bonds. The molecular weight excluding hydrogens is 436 g/mol. The van der Waals surface area contributed by atoms with Gasteiger partial charge >= 0.3 is 6.03 Å². The van der Waals surface area contributed by atoms with Gasteiger partial charge in [0, 0.05) is 4.47 Å². The van der Waals surface area contributed by atoms with E-state index in [2.05, 4.69) is 21.2 Å². The lowest BCUT2D eigenvalue weighted by molar-refractivity contribution is -0.122. The molecule has 1 heterocycles. The summed E-state index contributed by atoms with van der Waals surface area (Å²) in [4.78, 5) is 38.1. The number of benzene rings is 2. The van der Waals surface area contributed by atoms with Crippen LogP contribution in [0.3, 0.4) is 0 Å². The van der Waals surface area contributed by atoms with Crippen molar-refractivity contribution in [3.05, 3.63) is 63.1 Å². The zero-order chi connectivity index (χ0) is 19.6. The first-order valence-corrected chi connectivity index (χ1v) is 9.17. The van der Waals surface area contributed by atoms with Crippen molar-refractivity contribution in [2.24, 2.45) is 0 Å². The number of ether oxygens (including phenoxy) is 1. The van der Waals surface area contributed by atoms with Crippen molar-refractivity contribution in [2.75, 3.05) is 11.5 Å². The topological polar surface area (TPSA) is 75.7 Å². The number of rotatable bonds is 4. The number of nitrogens with one attached hydrogen (secondary N) is 1. The van der Waals surface area contributed by atoms with Crippen molar-refractivity contribution in [3.8, 4) is 5.75 Å². The molecule has 0 bridgehead atoms. The van der Waals surface area contributed by atoms with E-state index in [1.807, 2.05) is 6.92 Å². The molecule has 1 aliphatic rings. The molecule has 1 aliphatic heterocycles. The van der Waals surface area contributed by atoms with Gasteiger partial charge in [0.2, 0.25) is 0 Å². The zero-order valence-corrected chi connectivity index (χ0v) is 16.5. The molecule has 3 rings (SSSR count). The quantitative estimate of drug-likeness (QED) is 0.561. The van der Waals surface area contributed by atoms with Crippen molar-refractivity contribution >= 4 is 57.1 Å². The summed E-state index contributed by atoms with van der Waals surface area (Å²) in [5.41, 5.74) is 0.716. The number of imide groups is 2. The monoisotopic (exact) mass is 448 g/mol. The number of hydrogen-bond acceptors (Lipinski definition) is 4. The maximum absolute atomic E-state index is 12.8. The Balaban J connectivity index is 1.96. The van der Waals surface area contributed by atoms with Gasteiger partial charge in [-0.25, -0.2) is 9.69 Å². The van der Waals surface area contributed by atoms with Crippen molar-refractivity contribution in [1.29, 1.82) is 0 Å². The minimum absolute atomic E-state index is 0.169. The van der Waals surface area contributed by atoms with E-state index in [1.54, 1.807) is 42.5 Å². The molecule has 138 valence electrons. The molecule has 0 unspecified atom stereocenters. The molecule has 27 heavy (non-hydrogen) atoms. The van der Waals surface area contributed by atoms with E-state index in [1.165, 1.54) is 6.08 Å². The fraction of sp³-hybridized carbons (Fsp3) is 0.105. The van der Waals surface area contributed by atoms with Gasteiger partial charge in [0.15, 0.2) is 0 Å². The van der Waals surface area contributed by atoms with Gasteiger partial charge < -0.3 is 4.74 Å². The second kappa shape index (κ2) is 7.94. The van der Waals surface area contributed by atoms with Gasteiger partial charge in [0.05, 0.1) is 17.3 Å². The highest BCUT2D eigenvalue weighted by atomic mass is 79.9. The van der Waals surface area contributed by atoms with Crippen LogP contribution < -0.4 is 15.0 Å². The van der Waals surface area contributed by atoms with Crippen LogP contribution in [-0.4, -0.2) is 24.5 Å². The second-order valence-corrected chi connectivity index (χ2v) is 6.88. The molecule has 0 radical (unpaired) electrons. The number of barbiturate groups is 1. The van der Waals surface area contributed by atoms with Crippen molar-refractivity contribution in [3.63, 3.8) is 0 Å². The molecule has 1 saturated heterocycles. The summed E-state index contributed by atoms with van der Waals surface area (Å²) in [5.74, 6) is -0.966. The van der Waals surface area contributed by atoms with Crippen LogP contribution in [0, 0.1) is 0 Å². The Morgan fingerprint density at radius 3 is 2.48 bits per heavy atom. The molecule has 1 N–H and O–H groups in total. The number of hydrogen-bond donors (Lipinski definition) is 1. The molecule has 8 heteroatoms. The summed E-state index contributed by atoms with van der Waals surface area (Å²) >= 11 is 9.45. The molecule has 0 atom stereocenters. The average Bonchev–Trinajstić information content (AvgIpc) is 2.62. The molecule has 6 nitrogen and oxygen atoms in total. The number of amides is 4. The van der Waals surface area contributed by atoms with Gasteiger partial charge in [-0.2, -0.15) is 0 Å². The van der Waals surface area contributed by atoms with E-state index in [0.717, 1.165) is 9.37 Å². The minimum Gasteiger partial charge on any atom is -0.492 e. The third-order valence-corrected chi connectivity index (χ3v) is 4.58. The maximum atomic E-state index is 12.8. The highest BCUT2D eigenvalue weighted by Crippen LogP contribution is 2.28. The Hall–Kier alpha value is -2.64. The highest BCUT2D eigenvalue weighted by Gasteiger charge is 2.36. The first kappa shape index (κ1) is 19.1. The Bertz CT molecular complexity index is 957. The largest absolute Gasteiger partial charge is 0.492 e. The van der Waals surface area contributed by atoms with Crippen molar-refractivity contribution in [2.45, 2.75) is 6.92 Å². The molecule has 0 spiro atoms. The van der Waals surface area contributed by atoms with Gasteiger partial charge in [-0.3, -0.25) is 14.9 Å². The smallest absolute Gasteiger partial charge is 0.335 e. The predicted octanol–water partition coefficient (Wildman–Crippen LogP) is 4.17. The summed E-state index contributed by atoms with van der Waals surface area (Å²) in [6.07, 6.45) is 1.39. The predicted molar refractivity (Wildman–Crippen MR) is 106 cm³/mol. The summed E-state index contributed by atoms with van der Waals surface area (Å²) in [5, 5.41) is 2.54. The lowest BCUT2D eigenvalue weighted by Crippen LogP contribution is -2.54. The Kier molecular flexibility index (Phi) is 5.62. The van der Waals surface area contributed by atoms with Crippen LogP contribution in [0.1, 0.15) is 12.5 Å². The zero-order valence-electron chi connectivity index (χ0n) is 14.2. The molecule has 2 aromatic carbocycles. The standard InChI is InChI=1S/C19H14BrClN2O4/c1-2-27-16-8-3-11(10-15(16)21)9-14-17(24)22-19(26)23(18(14)25)13-6-4-12(20)5-7-13/h3-10H,2H2,1H3,(H,22,24,26). The number of carbonyl (C=O) groups is 3. The number of nitrogens with zero attached hydrogens (tertiary/aromatic N) is 1. The summed E-state index contributed by atoms with van der Waals surface area (Å²) in [6.45, 7) is 2.30. The highest BCUT2D eigenvalue weighted by molar-refractivity contribution is 9.10. The van der Waals surface area contributed by atoms with Crippen LogP contribution in [-0.2, 0) is 9.59 Å². The molecule has 0 saturated carbocycles. The van der Waals surface area contributed by atoms with Crippen LogP contribution in [0.4, 0.5) is 10.5 Å². The van der Waals surface area contributed by atoms with Crippen LogP contribution >= 0.6 is 27.5 Å². The van der Waals surface area contributed by atoms with Gasteiger partial charge in [-0.1, -0.05) is 33.6 Å². The number of carbonyl (C=O) groups excluding carboxylic acids is 3. The molecular formula is C19H14BrClN2O4. The molecule has 2 aromatic rings. The van der Waals surface area contributed by atoms with Crippen LogP contribution in [0.15, 0.2) is 52.5 Å². The molecule has 0 aliphatic carbocycles. The Morgan fingerprint density at radius 1 is 1.15 bits per heavy atom. The maximum Gasteiger partial charge on any atom is 0.335 e. The third kappa shape index (κ3) is 4.04. The van der Waals surface area contributed by atoms with Gasteiger partial charge in [-0.05, 0) is 55.0 Å². The number of halogens is 2. The Morgan fingerprint density at radius 2 is 1.85 bits per heavy atom. The first-order chi connectivity index (χ1) is 12.9. The Labute approximate surface area is 168 Å². The van der Waals surface area contributed by atoms with Crippen LogP contribution in [0.25, 0.3) is 6.08 Å². The summed E-state index contributed by atoms with van der Waals surface area (Å²) in [6, 6.07) is 10.7. The third-order valence-electron chi connectivity index (χ3n) is 3.75. The van der Waals surface area contributed by atoms with Gasteiger partial charge in [-0.15, -0.1) is 0 Å². The molecule has 0 aromatic heterocycles. The average molecular weight is 450 g/mol. The van der Waals surface area contributed by atoms with E-state index in [4.69, 9.17) is 16.3 Å². The van der Waals surface area contributed by atoms with Crippen LogP contribution in [0.2, 0.25) is 5.02 Å². The SMILES string of the molecule is CCOc1ccc(C=C2C(=O)NC(=O)N(c3ccc(Br)cc3)C2=O)cc1Cl. The first-order valence-electron chi connectivity index (χ1n) is 8.00. The summed E-state index contributed by atoms with van der Waals surface area (Å²) < 4.78 is 6.17. The normalized spacial score (nSPS) is 15.9. The van der Waals surface area contributed by atoms with Gasteiger partial charge in [0.1, 0.15) is 11.3 Å². The fourth-order valence-electron chi connectivity index (χ4n) is 2.53. The molecule has 1 fully saturated rings. The minimum atomic E-state index is -0.797. The second-order valence-electron chi connectivity index (χ2n) is 5.56. The van der Waals surface area contributed by atoms with E-state index < -0.39 is 17.8 Å². The van der Waals surface area contributed by atoms with E-state index in [-0.39, 0.29) is 5.57 Å². The number of urea groups is 1. The lowest BCUT2D eigenvalue weighted by atomic mass is 10.1. The lowest BCUT2D eigenvalue weighted by Gasteiger charge is -2.26. The van der Waals surface area contributed by atoms with E-state index in [0.29, 0.717) is 28.6 Å². The van der Waals surface area contributed by atoms with E-state index >= 15 is 0 Å². The van der Waals surface area contributed by atoms with Gasteiger partial charge in [0.25, 0.3) is 11.8 Å². The van der Waals surface area contributed by atoms with Crippen molar-refractivity contribution in [1.82, 2.24) is 5.32 Å².